The Morgan fingerprint density at radius 3 is 2.53 bits per heavy atom. The molecule has 2 saturated carbocycles. The molecule has 6 heterocycles. The highest BCUT2D eigenvalue weighted by Crippen LogP contribution is 2.74. The van der Waals surface area contributed by atoms with Gasteiger partial charge in [-0.25, -0.2) is 35.6 Å². The number of benzene rings is 1. The van der Waals surface area contributed by atoms with E-state index in [0.717, 1.165) is 0 Å². The number of phosphoric ester groups is 2. The van der Waals surface area contributed by atoms with Gasteiger partial charge in [-0.2, -0.15) is 10.2 Å². The van der Waals surface area contributed by atoms with Gasteiger partial charge in [-0.1, -0.05) is 39.0 Å². The maximum absolute atomic E-state index is 15.1. The largest absolute Gasteiger partial charge is 0.475 e. The molecule has 5 aromatic rings. The SMILES string of the molecule is [C-]#[N+]CCOP1(=O)OC[C@H]2O[C@@H](n3cnc4c(=O)[nH]c(NC(=O)C(C)C)nc43)[C@H](OP(=O)(OCCC#N)OC[C@@]34C[C@@H]3[C@@H](n3cnc5c(NC(=O)c6ccccc6)ncnc53)[C@H](C)[C@@H]4O1)[C@@H]2OC. The van der Waals surface area contributed by atoms with Crippen molar-refractivity contribution in [1.29, 1.82) is 5.26 Å². The topological polar surface area (TPSA) is 301 Å². The predicted molar refractivity (Wildman–Crippen MR) is 235 cm³/mol. The molecule has 27 heteroatoms. The first-order valence-electron chi connectivity index (χ1n) is 21.6. The summed E-state index contributed by atoms with van der Waals surface area (Å²) in [5.74, 6) is -2.16. The molecule has 2 amide bonds. The summed E-state index contributed by atoms with van der Waals surface area (Å²) in [7, 11) is -8.08. The lowest BCUT2D eigenvalue weighted by atomic mass is 9.94. The highest BCUT2D eigenvalue weighted by molar-refractivity contribution is 7.48. The first-order valence-corrected chi connectivity index (χ1v) is 24.5. The molecular formula is C41H46N12O13P2. The Balaban J connectivity index is 1.09. The van der Waals surface area contributed by atoms with Crippen molar-refractivity contribution < 1.29 is 55.3 Å². The summed E-state index contributed by atoms with van der Waals surface area (Å²) in [6, 6.07) is 10.1. The number of anilines is 2. The normalized spacial score (nSPS) is 31.2. The number of amides is 2. The zero-order valence-electron chi connectivity index (χ0n) is 37.0. The molecule has 2 aliphatic carbocycles. The third kappa shape index (κ3) is 8.87. The molecule has 68 heavy (non-hydrogen) atoms. The van der Waals surface area contributed by atoms with Crippen LogP contribution in [0.25, 0.3) is 27.2 Å². The van der Waals surface area contributed by atoms with Gasteiger partial charge in [-0.15, -0.1) is 0 Å². The van der Waals surface area contributed by atoms with Gasteiger partial charge in [0, 0.05) is 36.0 Å². The quantitative estimate of drug-likeness (QED) is 0.0809. The third-order valence-corrected chi connectivity index (χ3v) is 15.3. The lowest BCUT2D eigenvalue weighted by Crippen LogP contribution is -2.37. The van der Waals surface area contributed by atoms with E-state index in [4.69, 9.17) is 43.2 Å². The summed E-state index contributed by atoms with van der Waals surface area (Å²) < 4.78 is 82.5. The van der Waals surface area contributed by atoms with E-state index >= 15 is 4.57 Å². The van der Waals surface area contributed by atoms with Crippen molar-refractivity contribution in [3.63, 3.8) is 0 Å². The lowest BCUT2D eigenvalue weighted by molar-refractivity contribution is -0.118. The lowest BCUT2D eigenvalue weighted by Gasteiger charge is -2.32. The van der Waals surface area contributed by atoms with Crippen LogP contribution in [0.5, 0.6) is 0 Å². The number of carbonyl (C=O) groups is 2. The molecule has 2 unspecified atom stereocenters. The van der Waals surface area contributed by atoms with Crippen molar-refractivity contribution in [3.05, 3.63) is 76.6 Å². The van der Waals surface area contributed by atoms with Gasteiger partial charge in [-0.05, 0) is 24.5 Å². The van der Waals surface area contributed by atoms with E-state index in [2.05, 4.69) is 45.4 Å². The first kappa shape index (κ1) is 47.3. The summed E-state index contributed by atoms with van der Waals surface area (Å²) >= 11 is 0. The molecule has 2 bridgehead atoms. The number of rotatable bonds is 13. The molecule has 2 aliphatic heterocycles. The second-order valence-electron chi connectivity index (χ2n) is 16.9. The Morgan fingerprint density at radius 2 is 1.78 bits per heavy atom. The Kier molecular flexibility index (Phi) is 13.2. The summed E-state index contributed by atoms with van der Waals surface area (Å²) in [5.41, 5.74) is -0.871. The molecule has 11 atom stereocenters. The van der Waals surface area contributed by atoms with Crippen molar-refractivity contribution in [2.45, 2.75) is 70.3 Å². The number of H-pyrrole nitrogens is 1. The van der Waals surface area contributed by atoms with Crippen LogP contribution < -0.4 is 16.2 Å². The van der Waals surface area contributed by atoms with E-state index in [1.54, 1.807) is 50.5 Å². The van der Waals surface area contributed by atoms with Gasteiger partial charge >= 0.3 is 15.6 Å². The smallest absolute Gasteiger partial charge is 0.376 e. The number of ether oxygens (including phenoxy) is 2. The minimum absolute atomic E-state index is 0.0712. The van der Waals surface area contributed by atoms with E-state index in [1.807, 2.05) is 17.6 Å². The number of aromatic amines is 1. The molecule has 2 saturated heterocycles. The molecular weight excluding hydrogens is 930 g/mol. The van der Waals surface area contributed by atoms with Gasteiger partial charge in [0.2, 0.25) is 18.4 Å². The van der Waals surface area contributed by atoms with Gasteiger partial charge in [0.25, 0.3) is 11.5 Å². The van der Waals surface area contributed by atoms with Gasteiger partial charge < -0.3 is 24.2 Å². The Morgan fingerprint density at radius 1 is 1.03 bits per heavy atom. The minimum atomic E-state index is -4.76. The minimum Gasteiger partial charge on any atom is -0.376 e. The molecule has 1 spiro atoms. The number of nitriles is 1. The van der Waals surface area contributed by atoms with Crippen molar-refractivity contribution >= 4 is 61.6 Å². The fourth-order valence-electron chi connectivity index (χ4n) is 9.18. The number of hydrogen-bond acceptors (Lipinski definition) is 19. The standard InChI is InChI=1S/C41H46N12O13P2/c1-22(2)36(54)50-40-49-35-28(38(56)51-40)47-21-53(35)39-31-30(59-5)26(64-39)17-62-67(57,61-15-13-43-4)66-32-23(3)29(25-16-41(25,32)18-63-68(58,65-31)60-14-9-12-42)52-20-46-27-33(44-19-45-34(27)52)48-37(55)24-10-7-6-8-11-24/h6-8,10-11,19-23,25-26,29-32,39H,9,13-18H2,1-3,5H3,(H,44,45,48,55)(H2,49,50,51,54,56)/t23-,25+,26+,29-,30+,31+,32-,39+,41-,67?,68?/m0/s1. The van der Waals surface area contributed by atoms with E-state index in [9.17, 15) is 24.2 Å². The molecule has 358 valence electrons. The summed E-state index contributed by atoms with van der Waals surface area (Å²) in [6.45, 7) is 10.8. The predicted octanol–water partition coefficient (Wildman–Crippen LogP) is 4.82. The van der Waals surface area contributed by atoms with E-state index in [-0.39, 0.29) is 61.6 Å². The maximum Gasteiger partial charge on any atom is 0.475 e. The average molecular weight is 977 g/mol. The maximum atomic E-state index is 15.1. The Hall–Kier alpha value is -5.82. The number of nitrogens with zero attached hydrogens (tertiary/aromatic N) is 9. The van der Waals surface area contributed by atoms with Crippen LogP contribution >= 0.6 is 15.6 Å². The van der Waals surface area contributed by atoms with Gasteiger partial charge in [-0.3, -0.25) is 56.4 Å². The summed E-state index contributed by atoms with van der Waals surface area (Å²) in [4.78, 5) is 66.9. The molecule has 25 nitrogen and oxygen atoms in total. The van der Waals surface area contributed by atoms with Crippen LogP contribution in [0.2, 0.25) is 0 Å². The number of imidazole rings is 2. The van der Waals surface area contributed by atoms with Crippen LogP contribution in [0.1, 0.15) is 56.2 Å². The molecule has 4 aromatic heterocycles. The number of carbonyl (C=O) groups excluding carboxylic acids is 2. The summed E-state index contributed by atoms with van der Waals surface area (Å²) in [5, 5.41) is 14.8. The van der Waals surface area contributed by atoms with Crippen LogP contribution in [0.3, 0.4) is 0 Å². The number of fused-ring (bicyclic) bond motifs is 4. The van der Waals surface area contributed by atoms with Gasteiger partial charge in [0.15, 0.2) is 34.4 Å². The summed E-state index contributed by atoms with van der Waals surface area (Å²) in [6.07, 6.45) is -1.91. The highest BCUT2D eigenvalue weighted by Gasteiger charge is 2.73. The number of hydrogen-bond donors (Lipinski definition) is 3. The van der Waals surface area contributed by atoms with Crippen molar-refractivity contribution in [2.24, 2.45) is 23.2 Å². The molecule has 4 aliphatic rings. The van der Waals surface area contributed by atoms with E-state index < -0.39 is 93.6 Å². The van der Waals surface area contributed by atoms with Crippen molar-refractivity contribution in [1.82, 2.24) is 39.0 Å². The van der Waals surface area contributed by atoms with Crippen LogP contribution in [0, 0.1) is 41.1 Å². The zero-order chi connectivity index (χ0) is 48.0. The molecule has 9 rings (SSSR count). The number of methoxy groups -OCH3 is 1. The average Bonchev–Trinajstić information content (AvgIpc) is 3.60. The van der Waals surface area contributed by atoms with Gasteiger partial charge in [0.05, 0.1) is 51.1 Å². The first-order chi connectivity index (χ1) is 32.7. The highest BCUT2D eigenvalue weighted by atomic mass is 31.2. The third-order valence-electron chi connectivity index (χ3n) is 12.4. The van der Waals surface area contributed by atoms with Crippen molar-refractivity contribution in [2.75, 3.05) is 50.7 Å². The monoisotopic (exact) mass is 976 g/mol. The Labute approximate surface area is 387 Å². The molecule has 4 fully saturated rings. The van der Waals surface area contributed by atoms with Crippen molar-refractivity contribution in [3.8, 4) is 6.07 Å². The zero-order valence-corrected chi connectivity index (χ0v) is 38.8. The molecule has 0 radical (unpaired) electrons. The fraction of sp³-hybridized carbons (Fsp3) is 0.512. The second-order valence-corrected chi connectivity index (χ2v) is 20.2. The van der Waals surface area contributed by atoms with E-state index in [0.29, 0.717) is 23.1 Å². The van der Waals surface area contributed by atoms with Crippen LogP contribution in [0.15, 0.2) is 54.1 Å². The van der Waals surface area contributed by atoms with Crippen LogP contribution in [-0.4, -0.2) is 115 Å². The fourth-order valence-corrected chi connectivity index (χ4v) is 12.1. The second kappa shape index (κ2) is 18.9. The number of aromatic nitrogens is 8. The Bertz CT molecular complexity index is 2970. The van der Waals surface area contributed by atoms with Gasteiger partial charge in [0.1, 0.15) is 31.2 Å². The van der Waals surface area contributed by atoms with E-state index in [1.165, 1.54) is 24.3 Å². The van der Waals surface area contributed by atoms with Crippen LogP contribution in [-0.2, 0) is 50.5 Å². The molecule has 3 N–H and O–H groups in total. The molecule has 1 aromatic carbocycles. The number of nitrogens with one attached hydrogen (secondary N) is 3. The van der Waals surface area contributed by atoms with Crippen LogP contribution in [0.4, 0.5) is 11.8 Å². The number of phosphoric acid groups is 2.